The van der Waals surface area contributed by atoms with Gasteiger partial charge in [-0.2, -0.15) is 0 Å². The first-order valence-electron chi connectivity index (χ1n) is 6.95. The summed E-state index contributed by atoms with van der Waals surface area (Å²) in [5.41, 5.74) is -1.54. The van der Waals surface area contributed by atoms with Crippen LogP contribution in [0.1, 0.15) is 0 Å². The third kappa shape index (κ3) is 2.24. The molecule has 23 heavy (non-hydrogen) atoms. The minimum absolute atomic E-state index is 0.0231. The number of anilines is 1. The van der Waals surface area contributed by atoms with Crippen LogP contribution in [0.4, 0.5) is 5.69 Å². The lowest BCUT2D eigenvalue weighted by atomic mass is 9.80. The quantitative estimate of drug-likeness (QED) is 0.395. The van der Waals surface area contributed by atoms with E-state index in [4.69, 9.17) is 17.0 Å². The van der Waals surface area contributed by atoms with E-state index in [2.05, 4.69) is 5.32 Å². The van der Waals surface area contributed by atoms with Crippen LogP contribution in [-0.4, -0.2) is 68.2 Å². The van der Waals surface area contributed by atoms with Gasteiger partial charge in [0.2, 0.25) is 0 Å². The molecule has 0 aliphatic carbocycles. The van der Waals surface area contributed by atoms with Crippen LogP contribution in [0.3, 0.4) is 0 Å². The molecule has 3 rings (SSSR count). The van der Waals surface area contributed by atoms with Crippen LogP contribution in [0.5, 0.6) is 0 Å². The highest BCUT2D eigenvalue weighted by atomic mass is 32.1. The number of nitrogens with zero attached hydrogens (tertiary/aromatic N) is 1. The van der Waals surface area contributed by atoms with Crippen LogP contribution >= 0.6 is 12.2 Å². The summed E-state index contributed by atoms with van der Waals surface area (Å²) >= 11 is 5.16. The second kappa shape index (κ2) is 5.78. The average Bonchev–Trinajstić information content (AvgIpc) is 2.82. The van der Waals surface area contributed by atoms with E-state index in [1.165, 1.54) is 0 Å². The molecule has 2 saturated heterocycles. The lowest BCUT2D eigenvalue weighted by Crippen LogP contribution is -2.74. The molecule has 0 saturated carbocycles. The van der Waals surface area contributed by atoms with Crippen molar-refractivity contribution in [3.05, 3.63) is 30.3 Å². The van der Waals surface area contributed by atoms with E-state index >= 15 is 0 Å². The summed E-state index contributed by atoms with van der Waals surface area (Å²) in [6.45, 7) is -0.639. The number of hydrogen-bond acceptors (Lipinski definition) is 7. The smallest absolute Gasteiger partial charge is 0.264 e. The molecule has 0 bridgehead atoms. The summed E-state index contributed by atoms with van der Waals surface area (Å²) in [5, 5.41) is 42.4. The van der Waals surface area contributed by atoms with Crippen molar-refractivity contribution in [1.82, 2.24) is 5.32 Å². The predicted octanol–water partition coefficient (Wildman–Crippen LogP) is -1.92. The van der Waals surface area contributed by atoms with E-state index in [1.807, 2.05) is 0 Å². The van der Waals surface area contributed by atoms with Gasteiger partial charge in [0, 0.05) is 0 Å². The van der Waals surface area contributed by atoms with Crippen molar-refractivity contribution in [2.24, 2.45) is 0 Å². The minimum atomic E-state index is -1.99. The fraction of sp³-hybridized carbons (Fsp3) is 0.429. The molecule has 2 aliphatic rings. The van der Waals surface area contributed by atoms with Crippen molar-refractivity contribution in [2.75, 3.05) is 11.5 Å². The zero-order valence-corrected chi connectivity index (χ0v) is 12.7. The van der Waals surface area contributed by atoms with Crippen LogP contribution in [0.25, 0.3) is 0 Å². The van der Waals surface area contributed by atoms with E-state index in [0.29, 0.717) is 5.69 Å². The van der Waals surface area contributed by atoms with Crippen LogP contribution in [0.2, 0.25) is 0 Å². The lowest BCUT2D eigenvalue weighted by Gasteiger charge is -2.45. The normalized spacial score (nSPS) is 37.3. The molecule has 2 fully saturated rings. The summed E-state index contributed by atoms with van der Waals surface area (Å²) in [6.07, 6.45) is -6.38. The Morgan fingerprint density at radius 3 is 2.48 bits per heavy atom. The number of thiocarbonyl (C=S) groups is 1. The summed E-state index contributed by atoms with van der Waals surface area (Å²) in [4.78, 5) is 14.1. The number of carbonyl (C=O) groups is 1. The first-order valence-corrected chi connectivity index (χ1v) is 7.36. The summed E-state index contributed by atoms with van der Waals surface area (Å²) < 4.78 is 4.92. The monoisotopic (exact) mass is 340 g/mol. The van der Waals surface area contributed by atoms with Gasteiger partial charge in [0.25, 0.3) is 5.91 Å². The fourth-order valence-corrected chi connectivity index (χ4v) is 3.30. The second-order valence-corrected chi connectivity index (χ2v) is 5.80. The summed E-state index contributed by atoms with van der Waals surface area (Å²) in [7, 11) is 0. The number of aliphatic hydroxyl groups is 4. The van der Waals surface area contributed by atoms with E-state index < -0.39 is 42.7 Å². The van der Waals surface area contributed by atoms with E-state index in [-0.39, 0.29) is 5.11 Å². The third-order valence-electron chi connectivity index (χ3n) is 4.14. The zero-order chi connectivity index (χ0) is 16.8. The van der Waals surface area contributed by atoms with Gasteiger partial charge in [-0.15, -0.1) is 0 Å². The molecule has 9 heteroatoms. The van der Waals surface area contributed by atoms with Gasteiger partial charge in [-0.25, -0.2) is 0 Å². The third-order valence-corrected chi connectivity index (χ3v) is 4.42. The molecule has 1 spiro atoms. The molecule has 5 atom stereocenters. The Bertz CT molecular complexity index is 629. The molecule has 0 radical (unpaired) electrons. The van der Waals surface area contributed by atoms with Crippen LogP contribution in [-0.2, 0) is 9.53 Å². The molecule has 2 aliphatic heterocycles. The highest BCUT2D eigenvalue weighted by molar-refractivity contribution is 7.80. The molecule has 1 aromatic carbocycles. The van der Waals surface area contributed by atoms with Gasteiger partial charge in [0.05, 0.1) is 12.3 Å². The Hall–Kier alpha value is -1.62. The highest BCUT2D eigenvalue weighted by Crippen LogP contribution is 2.36. The number of benzene rings is 1. The van der Waals surface area contributed by atoms with Crippen molar-refractivity contribution in [3.8, 4) is 0 Å². The fourth-order valence-electron chi connectivity index (χ4n) is 2.94. The molecule has 1 aromatic rings. The van der Waals surface area contributed by atoms with E-state index in [0.717, 1.165) is 4.90 Å². The average molecular weight is 340 g/mol. The number of rotatable bonds is 2. The number of ether oxygens (including phenoxy) is 1. The van der Waals surface area contributed by atoms with Crippen LogP contribution in [0.15, 0.2) is 30.3 Å². The number of amides is 1. The molecule has 124 valence electrons. The Balaban J connectivity index is 2.05. The van der Waals surface area contributed by atoms with Gasteiger partial charge in [0.1, 0.15) is 18.3 Å². The minimum Gasteiger partial charge on any atom is -0.394 e. The predicted molar refractivity (Wildman–Crippen MR) is 82.4 cm³/mol. The largest absolute Gasteiger partial charge is 0.394 e. The summed E-state index contributed by atoms with van der Waals surface area (Å²) in [5.74, 6) is -0.727. The van der Waals surface area contributed by atoms with Crippen molar-refractivity contribution < 1.29 is 30.0 Å². The van der Waals surface area contributed by atoms with Crippen molar-refractivity contribution >= 4 is 28.9 Å². The van der Waals surface area contributed by atoms with Crippen molar-refractivity contribution in [3.63, 3.8) is 0 Å². The first-order chi connectivity index (χ1) is 10.9. The van der Waals surface area contributed by atoms with Gasteiger partial charge in [-0.3, -0.25) is 9.69 Å². The highest BCUT2D eigenvalue weighted by Gasteiger charge is 2.65. The molecule has 0 aromatic heterocycles. The van der Waals surface area contributed by atoms with Crippen molar-refractivity contribution in [2.45, 2.75) is 30.1 Å². The Kier molecular flexibility index (Phi) is 4.08. The van der Waals surface area contributed by atoms with Crippen molar-refractivity contribution in [1.29, 1.82) is 0 Å². The number of hydrogen-bond donors (Lipinski definition) is 5. The number of nitrogens with one attached hydrogen (secondary N) is 1. The maximum atomic E-state index is 12.9. The molecule has 8 nitrogen and oxygen atoms in total. The van der Waals surface area contributed by atoms with E-state index in [1.54, 1.807) is 30.3 Å². The Morgan fingerprint density at radius 1 is 1.22 bits per heavy atom. The topological polar surface area (TPSA) is 122 Å². The summed E-state index contributed by atoms with van der Waals surface area (Å²) in [6, 6.07) is 8.46. The zero-order valence-electron chi connectivity index (χ0n) is 11.9. The molecular weight excluding hydrogens is 324 g/mol. The molecular formula is C14H16N2O6S. The van der Waals surface area contributed by atoms with E-state index in [9.17, 15) is 25.2 Å². The molecule has 1 amide bonds. The van der Waals surface area contributed by atoms with Gasteiger partial charge in [0.15, 0.2) is 16.9 Å². The molecule has 2 heterocycles. The Morgan fingerprint density at radius 2 is 1.87 bits per heavy atom. The lowest BCUT2D eigenvalue weighted by molar-refractivity contribution is -0.276. The number of para-hydroxylation sites is 1. The maximum Gasteiger partial charge on any atom is 0.264 e. The molecule has 5 N–H and O–H groups in total. The van der Waals surface area contributed by atoms with Gasteiger partial charge < -0.3 is 30.5 Å². The molecule has 0 unspecified atom stereocenters. The second-order valence-electron chi connectivity index (χ2n) is 5.41. The van der Waals surface area contributed by atoms with Crippen LogP contribution < -0.4 is 10.2 Å². The van der Waals surface area contributed by atoms with Gasteiger partial charge in [-0.1, -0.05) is 18.2 Å². The first kappa shape index (κ1) is 16.2. The van der Waals surface area contributed by atoms with Gasteiger partial charge in [-0.05, 0) is 24.4 Å². The van der Waals surface area contributed by atoms with Crippen LogP contribution in [0, 0.1) is 0 Å². The Labute approximate surface area is 136 Å². The number of carbonyl (C=O) groups excluding carboxylic acids is 1. The van der Waals surface area contributed by atoms with Gasteiger partial charge >= 0.3 is 0 Å². The number of aliphatic hydroxyl groups excluding tert-OH is 4. The SMILES string of the molecule is O=C1N(c2ccccc2)C(=S)N[C@]12[C@H](O)[C@@H](CO)O[C@@H](O)[C@@H]2O. The standard InChI is InChI=1S/C14H16N2O6S/c17-6-8-9(18)14(10(19)11(20)22-8)12(21)16(13(23)15-14)7-4-2-1-3-5-7/h1-5,8-11,17-20H,6H2,(H,15,23)/t8-,9-,10+,11-,14+/m1/s1. The maximum absolute atomic E-state index is 12.9.